The lowest BCUT2D eigenvalue weighted by molar-refractivity contribution is 0.579. The summed E-state index contributed by atoms with van der Waals surface area (Å²) in [5.74, 6) is 1.23. The fraction of sp³-hybridized carbons (Fsp3) is 0.294. The van der Waals surface area contributed by atoms with Crippen molar-refractivity contribution in [2.75, 3.05) is 38.0 Å². The van der Waals surface area contributed by atoms with Crippen LogP contribution in [0.25, 0.3) is 10.9 Å². The van der Waals surface area contributed by atoms with Gasteiger partial charge < -0.3 is 9.80 Å². The van der Waals surface area contributed by atoms with Crippen molar-refractivity contribution in [3.05, 3.63) is 42.4 Å². The monoisotopic (exact) mass is 387 g/mol. The number of nitrogens with zero attached hydrogens (tertiary/aromatic N) is 6. The molecule has 0 atom stereocenters. The molecule has 0 amide bonds. The van der Waals surface area contributed by atoms with Crippen molar-refractivity contribution in [2.45, 2.75) is 11.4 Å². The second-order valence-electron chi connectivity index (χ2n) is 6.30. The fourth-order valence-corrected chi connectivity index (χ4v) is 3.56. The maximum absolute atomic E-state index is 12.8. The Kier molecular flexibility index (Phi) is 5.19. The first kappa shape index (κ1) is 18.9. The maximum Gasteiger partial charge on any atom is 0.243 e. The molecular weight excluding hydrogens is 366 g/mol. The Morgan fingerprint density at radius 3 is 2.19 bits per heavy atom. The molecule has 0 saturated heterocycles. The second-order valence-corrected chi connectivity index (χ2v) is 8.03. The highest BCUT2D eigenvalue weighted by atomic mass is 32.2. The van der Waals surface area contributed by atoms with Crippen LogP contribution in [-0.2, 0) is 16.6 Å². The average molecular weight is 387 g/mol. The molecule has 9 nitrogen and oxygen atoms in total. The topological polar surface area (TPSA) is 104 Å². The summed E-state index contributed by atoms with van der Waals surface area (Å²) in [6, 6.07) is 8.63. The highest BCUT2D eigenvalue weighted by Gasteiger charge is 2.19. The molecule has 2 heterocycles. The van der Waals surface area contributed by atoms with Gasteiger partial charge in [-0.2, -0.15) is 15.0 Å². The summed E-state index contributed by atoms with van der Waals surface area (Å²) in [7, 11) is 3.45. The summed E-state index contributed by atoms with van der Waals surface area (Å²) in [6.07, 6.45) is 1.57. The highest BCUT2D eigenvalue weighted by Crippen LogP contribution is 2.20. The predicted octanol–water partition coefficient (Wildman–Crippen LogP) is 1.03. The van der Waals surface area contributed by atoms with Gasteiger partial charge in [0, 0.05) is 39.8 Å². The van der Waals surface area contributed by atoms with E-state index in [1.54, 1.807) is 28.1 Å². The van der Waals surface area contributed by atoms with Gasteiger partial charge in [-0.25, -0.2) is 13.1 Å². The summed E-state index contributed by atoms with van der Waals surface area (Å²) in [4.78, 5) is 20.7. The third-order valence-corrected chi connectivity index (χ3v) is 5.20. The molecule has 0 saturated carbocycles. The van der Waals surface area contributed by atoms with Crippen molar-refractivity contribution < 1.29 is 8.42 Å². The van der Waals surface area contributed by atoms with E-state index >= 15 is 0 Å². The van der Waals surface area contributed by atoms with Crippen molar-refractivity contribution in [2.24, 2.45) is 0 Å². The Hall–Kier alpha value is -2.85. The summed E-state index contributed by atoms with van der Waals surface area (Å²) < 4.78 is 28.2. The largest absolute Gasteiger partial charge is 0.347 e. The standard InChI is InChI=1S/C17H21N7O2S/c1-23(2)16-20-14(21-17(22-16)24(3)4)11-19-27(25,26)13-9-5-7-12-8-6-10-18-15(12)13/h5-10,19H,11H2,1-4H3. The summed E-state index contributed by atoms with van der Waals surface area (Å²) >= 11 is 0. The maximum atomic E-state index is 12.8. The van der Waals surface area contributed by atoms with Gasteiger partial charge in [0.2, 0.25) is 21.9 Å². The van der Waals surface area contributed by atoms with Gasteiger partial charge in [0.15, 0.2) is 5.82 Å². The molecule has 0 bridgehead atoms. The Balaban J connectivity index is 1.91. The molecular formula is C17H21N7O2S. The van der Waals surface area contributed by atoms with E-state index in [1.165, 1.54) is 6.07 Å². The first-order valence-corrected chi connectivity index (χ1v) is 9.69. The van der Waals surface area contributed by atoms with E-state index in [-0.39, 0.29) is 11.4 Å². The summed E-state index contributed by atoms with van der Waals surface area (Å²) in [6.45, 7) is -0.0598. The lowest BCUT2D eigenvalue weighted by atomic mass is 10.2. The van der Waals surface area contributed by atoms with Crippen LogP contribution in [0.15, 0.2) is 41.4 Å². The number of benzene rings is 1. The highest BCUT2D eigenvalue weighted by molar-refractivity contribution is 7.89. The van der Waals surface area contributed by atoms with Crippen molar-refractivity contribution >= 4 is 32.8 Å². The Bertz CT molecular complexity index is 1040. The number of fused-ring (bicyclic) bond motifs is 1. The average Bonchev–Trinajstić information content (AvgIpc) is 2.65. The van der Waals surface area contributed by atoms with Crippen LogP contribution in [0.3, 0.4) is 0 Å². The first-order valence-electron chi connectivity index (χ1n) is 8.21. The van der Waals surface area contributed by atoms with Crippen LogP contribution >= 0.6 is 0 Å². The van der Waals surface area contributed by atoms with Crippen molar-refractivity contribution in [3.8, 4) is 0 Å². The van der Waals surface area contributed by atoms with E-state index in [9.17, 15) is 8.42 Å². The zero-order valence-electron chi connectivity index (χ0n) is 15.6. The number of sulfonamides is 1. The summed E-state index contributed by atoms with van der Waals surface area (Å²) in [5.41, 5.74) is 0.422. The van der Waals surface area contributed by atoms with E-state index in [0.717, 1.165) is 5.39 Å². The fourth-order valence-electron chi connectivity index (χ4n) is 2.40. The zero-order chi connectivity index (χ0) is 19.6. The van der Waals surface area contributed by atoms with Crippen LogP contribution in [0.4, 0.5) is 11.9 Å². The van der Waals surface area contributed by atoms with Gasteiger partial charge in [-0.3, -0.25) is 4.98 Å². The quantitative estimate of drug-likeness (QED) is 0.669. The van der Waals surface area contributed by atoms with Crippen LogP contribution < -0.4 is 14.5 Å². The SMILES string of the molecule is CN(C)c1nc(CNS(=O)(=O)c2cccc3cccnc23)nc(N(C)C)n1. The number of rotatable bonds is 6. The number of pyridine rings is 1. The van der Waals surface area contributed by atoms with E-state index in [2.05, 4.69) is 24.7 Å². The Morgan fingerprint density at radius 1 is 0.926 bits per heavy atom. The molecule has 1 N–H and O–H groups in total. The van der Waals surface area contributed by atoms with Crippen LogP contribution in [0.2, 0.25) is 0 Å². The molecule has 0 spiro atoms. The Labute approximate surface area is 158 Å². The van der Waals surface area contributed by atoms with E-state index in [1.807, 2.05) is 40.3 Å². The molecule has 0 radical (unpaired) electrons. The normalized spacial score (nSPS) is 11.6. The molecule has 0 aliphatic rings. The van der Waals surface area contributed by atoms with E-state index in [4.69, 9.17) is 0 Å². The van der Waals surface area contributed by atoms with Gasteiger partial charge in [-0.1, -0.05) is 18.2 Å². The predicted molar refractivity (Wildman–Crippen MR) is 104 cm³/mol. The lowest BCUT2D eigenvalue weighted by Crippen LogP contribution is -2.26. The number of nitrogens with one attached hydrogen (secondary N) is 1. The minimum Gasteiger partial charge on any atom is -0.347 e. The molecule has 1 aromatic carbocycles. The number of hydrogen-bond acceptors (Lipinski definition) is 8. The Morgan fingerprint density at radius 2 is 1.56 bits per heavy atom. The van der Waals surface area contributed by atoms with Crippen LogP contribution in [0, 0.1) is 0 Å². The molecule has 0 aliphatic heterocycles. The number of aromatic nitrogens is 4. The number of anilines is 2. The molecule has 27 heavy (non-hydrogen) atoms. The van der Waals surface area contributed by atoms with Crippen LogP contribution in [-0.4, -0.2) is 56.5 Å². The minimum absolute atomic E-state index is 0.0598. The minimum atomic E-state index is -3.79. The van der Waals surface area contributed by atoms with Crippen molar-refractivity contribution in [3.63, 3.8) is 0 Å². The van der Waals surface area contributed by atoms with Crippen LogP contribution in [0.1, 0.15) is 5.82 Å². The molecule has 3 aromatic rings. The zero-order valence-corrected chi connectivity index (χ0v) is 16.4. The van der Waals surface area contributed by atoms with E-state index in [0.29, 0.717) is 23.2 Å². The van der Waals surface area contributed by atoms with E-state index < -0.39 is 10.0 Å². The first-order chi connectivity index (χ1) is 12.8. The summed E-state index contributed by atoms with van der Waals surface area (Å²) in [5, 5.41) is 0.755. The van der Waals surface area contributed by atoms with Gasteiger partial charge >= 0.3 is 0 Å². The number of para-hydroxylation sites is 1. The van der Waals surface area contributed by atoms with Gasteiger partial charge in [-0.15, -0.1) is 0 Å². The number of hydrogen-bond donors (Lipinski definition) is 1. The van der Waals surface area contributed by atoms with Gasteiger partial charge in [0.25, 0.3) is 0 Å². The van der Waals surface area contributed by atoms with Crippen LogP contribution in [0.5, 0.6) is 0 Å². The molecule has 10 heteroatoms. The van der Waals surface area contributed by atoms with Gasteiger partial charge in [0.1, 0.15) is 4.90 Å². The second kappa shape index (κ2) is 7.41. The smallest absolute Gasteiger partial charge is 0.243 e. The van der Waals surface area contributed by atoms with Gasteiger partial charge in [0.05, 0.1) is 12.1 Å². The van der Waals surface area contributed by atoms with Gasteiger partial charge in [-0.05, 0) is 12.1 Å². The lowest BCUT2D eigenvalue weighted by Gasteiger charge is -2.16. The molecule has 0 unspecified atom stereocenters. The molecule has 2 aromatic heterocycles. The molecule has 0 aliphatic carbocycles. The van der Waals surface area contributed by atoms with Crippen molar-refractivity contribution in [1.82, 2.24) is 24.7 Å². The third kappa shape index (κ3) is 4.12. The molecule has 0 fully saturated rings. The molecule has 3 rings (SSSR count). The third-order valence-electron chi connectivity index (χ3n) is 3.76. The molecule has 142 valence electrons. The van der Waals surface area contributed by atoms with Crippen molar-refractivity contribution in [1.29, 1.82) is 0 Å².